The third kappa shape index (κ3) is 1.11. The summed E-state index contributed by atoms with van der Waals surface area (Å²) in [5.41, 5.74) is -0.326. The lowest BCUT2D eigenvalue weighted by Crippen LogP contribution is -2.09. The standard InChI is InChI=1S/C11H6F3NS/c12-11(13,14)9-7(4-15)16-10-6-2-1-5(3-6)8(9)10/h1-2,5-6H,3H2/t5-,6+/m0/s1. The van der Waals surface area contributed by atoms with Crippen LogP contribution in [-0.2, 0) is 6.18 Å². The van der Waals surface area contributed by atoms with Gasteiger partial charge in [0.25, 0.3) is 0 Å². The molecule has 1 aromatic rings. The van der Waals surface area contributed by atoms with E-state index in [0.29, 0.717) is 5.56 Å². The molecule has 2 bridgehead atoms. The van der Waals surface area contributed by atoms with Gasteiger partial charge < -0.3 is 0 Å². The highest BCUT2D eigenvalue weighted by atomic mass is 32.1. The van der Waals surface area contributed by atoms with Gasteiger partial charge in [-0.2, -0.15) is 18.4 Å². The zero-order chi connectivity index (χ0) is 11.5. The number of hydrogen-bond donors (Lipinski definition) is 0. The minimum atomic E-state index is -4.41. The van der Waals surface area contributed by atoms with Crippen molar-refractivity contribution in [3.63, 3.8) is 0 Å². The summed E-state index contributed by atoms with van der Waals surface area (Å²) in [6, 6.07) is 1.67. The van der Waals surface area contributed by atoms with E-state index in [4.69, 9.17) is 5.26 Å². The van der Waals surface area contributed by atoms with Gasteiger partial charge in [-0.1, -0.05) is 12.2 Å². The predicted molar refractivity (Wildman–Crippen MR) is 53.3 cm³/mol. The largest absolute Gasteiger partial charge is 0.418 e. The van der Waals surface area contributed by atoms with Crippen LogP contribution in [0, 0.1) is 11.3 Å². The van der Waals surface area contributed by atoms with E-state index in [2.05, 4.69) is 0 Å². The summed E-state index contributed by atoms with van der Waals surface area (Å²) in [5.74, 6) is -0.0248. The van der Waals surface area contributed by atoms with Gasteiger partial charge in [0.15, 0.2) is 0 Å². The maximum Gasteiger partial charge on any atom is 0.418 e. The monoisotopic (exact) mass is 241 g/mol. The Morgan fingerprint density at radius 1 is 1.31 bits per heavy atom. The molecule has 3 rings (SSSR count). The third-order valence-electron chi connectivity index (χ3n) is 3.15. The summed E-state index contributed by atoms with van der Waals surface area (Å²) in [6.45, 7) is 0. The summed E-state index contributed by atoms with van der Waals surface area (Å²) in [6.07, 6.45) is 0.115. The normalized spacial score (nSPS) is 25.9. The first-order valence-electron chi connectivity index (χ1n) is 4.84. The average molecular weight is 241 g/mol. The van der Waals surface area contributed by atoms with E-state index in [1.807, 2.05) is 12.2 Å². The quantitative estimate of drug-likeness (QED) is 0.634. The maximum atomic E-state index is 12.9. The van der Waals surface area contributed by atoms with Gasteiger partial charge in [-0.25, -0.2) is 0 Å². The molecule has 0 aliphatic heterocycles. The molecule has 0 fully saturated rings. The van der Waals surface area contributed by atoms with E-state index < -0.39 is 11.7 Å². The summed E-state index contributed by atoms with van der Waals surface area (Å²) >= 11 is 1.01. The van der Waals surface area contributed by atoms with Crippen molar-refractivity contribution in [2.75, 3.05) is 0 Å². The lowest BCUT2D eigenvalue weighted by molar-refractivity contribution is -0.138. The minimum absolute atomic E-state index is 0.105. The molecule has 2 atom stereocenters. The molecule has 0 aromatic carbocycles. The van der Waals surface area contributed by atoms with Crippen molar-refractivity contribution >= 4 is 11.3 Å². The second-order valence-electron chi connectivity index (χ2n) is 4.03. The highest BCUT2D eigenvalue weighted by molar-refractivity contribution is 7.13. The van der Waals surface area contributed by atoms with Crippen LogP contribution in [-0.4, -0.2) is 0 Å². The fraction of sp³-hybridized carbons (Fsp3) is 0.364. The molecule has 0 unspecified atom stereocenters. The second-order valence-corrected chi connectivity index (χ2v) is 5.08. The molecule has 0 amide bonds. The number of nitrogens with zero attached hydrogens (tertiary/aromatic N) is 1. The first-order valence-corrected chi connectivity index (χ1v) is 5.66. The van der Waals surface area contributed by atoms with E-state index in [0.717, 1.165) is 22.6 Å². The van der Waals surface area contributed by atoms with Crippen molar-refractivity contribution < 1.29 is 13.2 Å². The lowest BCUT2D eigenvalue weighted by Gasteiger charge is -2.11. The summed E-state index contributed by atoms with van der Waals surface area (Å²) < 4.78 is 38.6. The van der Waals surface area contributed by atoms with Crippen LogP contribution in [0.2, 0.25) is 0 Å². The molecular weight excluding hydrogens is 235 g/mol. The zero-order valence-corrected chi connectivity index (χ0v) is 8.82. The van der Waals surface area contributed by atoms with Gasteiger partial charge in [-0.05, 0) is 12.0 Å². The molecule has 0 radical (unpaired) electrons. The SMILES string of the molecule is N#Cc1sc2c(c1C(F)(F)F)[C@H]1C=C[C@@H]2C1. The Bertz CT molecular complexity index is 533. The lowest BCUT2D eigenvalue weighted by atomic mass is 9.98. The van der Waals surface area contributed by atoms with Crippen LogP contribution in [0.15, 0.2) is 12.2 Å². The highest BCUT2D eigenvalue weighted by Gasteiger charge is 2.46. The molecule has 2 aliphatic carbocycles. The number of halogens is 3. The molecule has 0 saturated heterocycles. The van der Waals surface area contributed by atoms with Crippen molar-refractivity contribution in [3.8, 4) is 6.07 Å². The van der Waals surface area contributed by atoms with Gasteiger partial charge in [-0.3, -0.25) is 0 Å². The molecule has 0 N–H and O–H groups in total. The highest BCUT2D eigenvalue weighted by Crippen LogP contribution is 2.56. The van der Waals surface area contributed by atoms with Crippen molar-refractivity contribution in [1.82, 2.24) is 0 Å². The number of hydrogen-bond acceptors (Lipinski definition) is 2. The van der Waals surface area contributed by atoms with Crippen LogP contribution in [0.25, 0.3) is 0 Å². The molecule has 1 nitrogen and oxygen atoms in total. The van der Waals surface area contributed by atoms with Crippen LogP contribution in [0.4, 0.5) is 13.2 Å². The average Bonchev–Trinajstić information content (AvgIpc) is 2.86. The van der Waals surface area contributed by atoms with Gasteiger partial charge in [-0.15, -0.1) is 11.3 Å². The van der Waals surface area contributed by atoms with Crippen molar-refractivity contribution in [2.24, 2.45) is 0 Å². The molecule has 0 spiro atoms. The molecule has 1 aromatic heterocycles. The third-order valence-corrected chi connectivity index (χ3v) is 4.39. The molecular formula is C11H6F3NS. The smallest absolute Gasteiger partial charge is 0.192 e. The van der Waals surface area contributed by atoms with E-state index in [-0.39, 0.29) is 16.7 Å². The Labute approximate surface area is 93.8 Å². The minimum Gasteiger partial charge on any atom is -0.192 e. The molecule has 5 heteroatoms. The van der Waals surface area contributed by atoms with Gasteiger partial charge in [0, 0.05) is 16.7 Å². The fourth-order valence-corrected chi connectivity index (χ4v) is 3.86. The Balaban J connectivity index is 2.27. The van der Waals surface area contributed by atoms with E-state index in [1.54, 1.807) is 6.07 Å². The second kappa shape index (κ2) is 2.89. The number of nitriles is 1. The number of rotatable bonds is 0. The number of allylic oxidation sites excluding steroid dienone is 2. The number of alkyl halides is 3. The topological polar surface area (TPSA) is 23.8 Å². The first-order chi connectivity index (χ1) is 7.52. The molecule has 2 aliphatic rings. The number of thiophene rings is 1. The van der Waals surface area contributed by atoms with E-state index in [1.165, 1.54) is 0 Å². The van der Waals surface area contributed by atoms with Crippen molar-refractivity contribution in [2.45, 2.75) is 24.4 Å². The number of fused-ring (bicyclic) bond motifs is 5. The van der Waals surface area contributed by atoms with E-state index >= 15 is 0 Å². The molecule has 82 valence electrons. The predicted octanol–water partition coefficient (Wildman–Crippen LogP) is 3.78. The Hall–Kier alpha value is -1.28. The van der Waals surface area contributed by atoms with Crippen LogP contribution >= 0.6 is 11.3 Å². The Morgan fingerprint density at radius 3 is 2.62 bits per heavy atom. The van der Waals surface area contributed by atoms with E-state index in [9.17, 15) is 13.2 Å². The van der Waals surface area contributed by atoms with Gasteiger partial charge in [0.1, 0.15) is 10.9 Å². The van der Waals surface area contributed by atoms with Gasteiger partial charge in [0.2, 0.25) is 0 Å². The fourth-order valence-electron chi connectivity index (χ4n) is 2.57. The Morgan fingerprint density at radius 2 is 2.00 bits per heavy atom. The van der Waals surface area contributed by atoms with Crippen molar-refractivity contribution in [1.29, 1.82) is 5.26 Å². The van der Waals surface area contributed by atoms with Crippen molar-refractivity contribution in [3.05, 3.63) is 33.0 Å². The zero-order valence-electron chi connectivity index (χ0n) is 8.01. The van der Waals surface area contributed by atoms with Crippen LogP contribution in [0.3, 0.4) is 0 Å². The van der Waals surface area contributed by atoms with Gasteiger partial charge >= 0.3 is 6.18 Å². The summed E-state index contributed by atoms with van der Waals surface area (Å²) in [7, 11) is 0. The van der Waals surface area contributed by atoms with Gasteiger partial charge in [0.05, 0.1) is 5.56 Å². The molecule has 1 heterocycles. The van der Waals surface area contributed by atoms with Crippen LogP contribution in [0.1, 0.15) is 39.1 Å². The summed E-state index contributed by atoms with van der Waals surface area (Å²) in [4.78, 5) is 0.562. The molecule has 0 saturated carbocycles. The van der Waals surface area contributed by atoms with Crippen LogP contribution < -0.4 is 0 Å². The van der Waals surface area contributed by atoms with Crippen LogP contribution in [0.5, 0.6) is 0 Å². The molecule has 16 heavy (non-hydrogen) atoms. The summed E-state index contributed by atoms with van der Waals surface area (Å²) in [5, 5.41) is 8.77. The first kappa shape index (κ1) is 9.91. The Kier molecular flexibility index (Phi) is 1.79. The maximum absolute atomic E-state index is 12.9.